The Labute approximate surface area is 170 Å². The number of nitrogen functional groups attached to an aromatic ring is 2. The fourth-order valence-electron chi connectivity index (χ4n) is 2.77. The quantitative estimate of drug-likeness (QED) is 0.444. The minimum Gasteiger partial charge on any atom is -0.457 e. The van der Waals surface area contributed by atoms with Crippen LogP contribution in [0.4, 0.5) is 20.3 Å². The highest BCUT2D eigenvalue weighted by molar-refractivity contribution is 5.78. The average molecular weight is 406 g/mol. The lowest BCUT2D eigenvalue weighted by Gasteiger charge is -2.13. The number of aromatic nitrogens is 2. The van der Waals surface area contributed by atoms with Crippen LogP contribution < -0.4 is 20.9 Å². The van der Waals surface area contributed by atoms with Crippen LogP contribution in [-0.2, 0) is 0 Å². The van der Waals surface area contributed by atoms with Crippen molar-refractivity contribution >= 4 is 11.5 Å². The summed E-state index contributed by atoms with van der Waals surface area (Å²) in [5.41, 5.74) is 12.3. The van der Waals surface area contributed by atoms with E-state index >= 15 is 0 Å². The van der Waals surface area contributed by atoms with Crippen LogP contribution in [0, 0.1) is 11.6 Å². The molecule has 0 unspecified atom stereocenters. The van der Waals surface area contributed by atoms with Crippen molar-refractivity contribution < 1.29 is 18.3 Å². The second-order valence-corrected chi connectivity index (χ2v) is 6.28. The normalized spacial score (nSPS) is 10.6. The molecule has 0 aliphatic heterocycles. The molecule has 0 radical (unpaired) electrons. The molecule has 4 N–H and O–H groups in total. The second kappa shape index (κ2) is 8.04. The zero-order valence-electron chi connectivity index (χ0n) is 15.5. The number of para-hydroxylation sites is 1. The standard InChI is InChI=1S/C22H16F2N4O2/c23-16-10-17(24)19(11-18(16)25)30-22-20(21(26)27-12-28-22)13-6-8-15(9-7-13)29-14-4-2-1-3-5-14/h1-12H,25H2,(H2,26,27,28). The summed E-state index contributed by atoms with van der Waals surface area (Å²) in [6.07, 6.45) is 1.19. The van der Waals surface area contributed by atoms with Crippen molar-refractivity contribution in [2.75, 3.05) is 11.5 Å². The minimum absolute atomic E-state index is 0.00383. The van der Waals surface area contributed by atoms with Gasteiger partial charge < -0.3 is 20.9 Å². The van der Waals surface area contributed by atoms with Crippen molar-refractivity contribution in [3.8, 4) is 34.3 Å². The molecular weight excluding hydrogens is 390 g/mol. The predicted molar refractivity (Wildman–Crippen MR) is 109 cm³/mol. The van der Waals surface area contributed by atoms with Crippen LogP contribution >= 0.6 is 0 Å². The maximum Gasteiger partial charge on any atom is 0.232 e. The van der Waals surface area contributed by atoms with Crippen molar-refractivity contribution in [2.45, 2.75) is 0 Å². The number of hydrogen-bond donors (Lipinski definition) is 2. The van der Waals surface area contributed by atoms with E-state index in [1.165, 1.54) is 6.33 Å². The molecule has 0 atom stereocenters. The zero-order valence-corrected chi connectivity index (χ0v) is 15.5. The molecule has 3 aromatic carbocycles. The lowest BCUT2D eigenvalue weighted by atomic mass is 10.1. The summed E-state index contributed by atoms with van der Waals surface area (Å²) in [6, 6.07) is 18.0. The molecule has 30 heavy (non-hydrogen) atoms. The van der Waals surface area contributed by atoms with E-state index in [2.05, 4.69) is 9.97 Å². The summed E-state index contributed by atoms with van der Waals surface area (Å²) in [4.78, 5) is 8.03. The van der Waals surface area contributed by atoms with Crippen LogP contribution in [0.25, 0.3) is 11.1 Å². The molecule has 8 heteroatoms. The van der Waals surface area contributed by atoms with Gasteiger partial charge in [0.15, 0.2) is 11.6 Å². The molecule has 0 amide bonds. The highest BCUT2D eigenvalue weighted by Gasteiger charge is 2.17. The van der Waals surface area contributed by atoms with Gasteiger partial charge in [0.25, 0.3) is 0 Å². The van der Waals surface area contributed by atoms with Crippen LogP contribution in [0.1, 0.15) is 0 Å². The number of halogens is 2. The average Bonchev–Trinajstić information content (AvgIpc) is 2.74. The number of ether oxygens (including phenoxy) is 2. The molecule has 0 fully saturated rings. The van der Waals surface area contributed by atoms with Crippen LogP contribution in [0.15, 0.2) is 73.1 Å². The smallest absolute Gasteiger partial charge is 0.232 e. The van der Waals surface area contributed by atoms with Gasteiger partial charge in [-0.3, -0.25) is 0 Å². The first-order valence-corrected chi connectivity index (χ1v) is 8.87. The van der Waals surface area contributed by atoms with Crippen LogP contribution in [0.5, 0.6) is 23.1 Å². The highest BCUT2D eigenvalue weighted by Crippen LogP contribution is 2.37. The molecule has 4 rings (SSSR count). The van der Waals surface area contributed by atoms with Gasteiger partial charge in [-0.05, 0) is 29.8 Å². The molecule has 0 saturated carbocycles. The number of nitrogens with two attached hydrogens (primary N) is 2. The maximum absolute atomic E-state index is 14.1. The van der Waals surface area contributed by atoms with E-state index in [0.29, 0.717) is 28.7 Å². The molecule has 6 nitrogen and oxygen atoms in total. The highest BCUT2D eigenvalue weighted by atomic mass is 19.1. The Hall–Kier alpha value is -4.20. The number of nitrogens with zero attached hydrogens (tertiary/aromatic N) is 2. The summed E-state index contributed by atoms with van der Waals surface area (Å²) in [5.74, 6) is -0.636. The van der Waals surface area contributed by atoms with E-state index in [9.17, 15) is 8.78 Å². The largest absolute Gasteiger partial charge is 0.457 e. The minimum atomic E-state index is -0.920. The van der Waals surface area contributed by atoms with Crippen LogP contribution in [0.2, 0.25) is 0 Å². The van der Waals surface area contributed by atoms with Gasteiger partial charge >= 0.3 is 0 Å². The lowest BCUT2D eigenvalue weighted by molar-refractivity contribution is 0.425. The fraction of sp³-hybridized carbons (Fsp3) is 0. The van der Waals surface area contributed by atoms with Crippen molar-refractivity contribution in [1.82, 2.24) is 9.97 Å². The molecule has 150 valence electrons. The lowest BCUT2D eigenvalue weighted by Crippen LogP contribution is -2.01. The van der Waals surface area contributed by atoms with E-state index in [1.807, 2.05) is 30.3 Å². The maximum atomic E-state index is 14.1. The number of benzene rings is 3. The molecule has 0 aliphatic carbocycles. The van der Waals surface area contributed by atoms with E-state index in [4.69, 9.17) is 20.9 Å². The van der Waals surface area contributed by atoms with Crippen molar-refractivity contribution in [2.24, 2.45) is 0 Å². The molecule has 0 saturated heterocycles. The number of hydrogen-bond acceptors (Lipinski definition) is 6. The van der Waals surface area contributed by atoms with Crippen LogP contribution in [0.3, 0.4) is 0 Å². The molecule has 0 bridgehead atoms. The van der Waals surface area contributed by atoms with E-state index in [1.54, 1.807) is 24.3 Å². The second-order valence-electron chi connectivity index (χ2n) is 6.28. The van der Waals surface area contributed by atoms with E-state index in [0.717, 1.165) is 6.07 Å². The number of rotatable bonds is 5. The van der Waals surface area contributed by atoms with Gasteiger partial charge in [0, 0.05) is 12.1 Å². The Morgan fingerprint density at radius 2 is 1.43 bits per heavy atom. The SMILES string of the molecule is Nc1cc(Oc2ncnc(N)c2-c2ccc(Oc3ccccc3)cc2)c(F)cc1F. The van der Waals surface area contributed by atoms with Gasteiger partial charge in [0.2, 0.25) is 5.88 Å². The summed E-state index contributed by atoms with van der Waals surface area (Å²) in [7, 11) is 0. The Kier molecular flexibility index (Phi) is 5.13. The van der Waals surface area contributed by atoms with Gasteiger partial charge in [-0.25, -0.2) is 18.7 Å². The molecular formula is C22H16F2N4O2. The van der Waals surface area contributed by atoms with Gasteiger partial charge in [0.1, 0.15) is 29.5 Å². The first-order chi connectivity index (χ1) is 14.5. The van der Waals surface area contributed by atoms with Gasteiger partial charge in [-0.2, -0.15) is 0 Å². The third-order valence-corrected chi connectivity index (χ3v) is 4.22. The van der Waals surface area contributed by atoms with Crippen molar-refractivity contribution in [1.29, 1.82) is 0 Å². The van der Waals surface area contributed by atoms with Crippen molar-refractivity contribution in [3.05, 3.63) is 84.7 Å². The third kappa shape index (κ3) is 3.97. The Balaban J connectivity index is 1.66. The monoisotopic (exact) mass is 406 g/mol. The van der Waals surface area contributed by atoms with Gasteiger partial charge in [0.05, 0.1) is 11.3 Å². The predicted octanol–water partition coefficient (Wildman–Crippen LogP) is 5.17. The Bertz CT molecular complexity index is 1190. The summed E-state index contributed by atoms with van der Waals surface area (Å²) < 4.78 is 38.8. The Morgan fingerprint density at radius 1 is 0.733 bits per heavy atom. The van der Waals surface area contributed by atoms with E-state index < -0.39 is 11.6 Å². The molecule has 0 aliphatic rings. The van der Waals surface area contributed by atoms with E-state index in [-0.39, 0.29) is 23.1 Å². The van der Waals surface area contributed by atoms with Crippen molar-refractivity contribution in [3.63, 3.8) is 0 Å². The fourth-order valence-corrected chi connectivity index (χ4v) is 2.77. The third-order valence-electron chi connectivity index (χ3n) is 4.22. The topological polar surface area (TPSA) is 96.3 Å². The molecule has 0 spiro atoms. The molecule has 1 heterocycles. The molecule has 1 aromatic heterocycles. The summed E-state index contributed by atoms with van der Waals surface area (Å²) in [5, 5.41) is 0. The van der Waals surface area contributed by atoms with Gasteiger partial charge in [-0.15, -0.1) is 0 Å². The van der Waals surface area contributed by atoms with Gasteiger partial charge in [-0.1, -0.05) is 30.3 Å². The number of anilines is 2. The van der Waals surface area contributed by atoms with Crippen LogP contribution in [-0.4, -0.2) is 9.97 Å². The Morgan fingerprint density at radius 3 is 2.17 bits per heavy atom. The molecule has 4 aromatic rings. The summed E-state index contributed by atoms with van der Waals surface area (Å²) in [6.45, 7) is 0. The first kappa shape index (κ1) is 19.1. The first-order valence-electron chi connectivity index (χ1n) is 8.87. The zero-order chi connectivity index (χ0) is 21.1. The summed E-state index contributed by atoms with van der Waals surface area (Å²) >= 11 is 0.